The number of rotatable bonds is 8. The summed E-state index contributed by atoms with van der Waals surface area (Å²) in [5.41, 5.74) is 2.30. The summed E-state index contributed by atoms with van der Waals surface area (Å²) in [6, 6.07) is 4.90. The predicted octanol–water partition coefficient (Wildman–Crippen LogP) is -1.10. The molecule has 1 unspecified atom stereocenters. The molecular weight excluding hydrogens is 562 g/mol. The average molecular weight is 585 g/mol. The van der Waals surface area contributed by atoms with Crippen LogP contribution < -0.4 is 10.5 Å². The van der Waals surface area contributed by atoms with Crippen molar-refractivity contribution in [2.75, 3.05) is 12.3 Å². The van der Waals surface area contributed by atoms with Gasteiger partial charge in [0.15, 0.2) is 23.3 Å². The van der Waals surface area contributed by atoms with Crippen LogP contribution in [-0.2, 0) is 29.6 Å². The zero-order valence-electron chi connectivity index (χ0n) is 20.2. The second-order valence-electron chi connectivity index (χ2n) is 9.20. The van der Waals surface area contributed by atoms with Crippen molar-refractivity contribution in [3.8, 4) is 0 Å². The van der Waals surface area contributed by atoms with Gasteiger partial charge >= 0.3 is 16.2 Å². The molecule has 0 bridgehead atoms. The fourth-order valence-electron chi connectivity index (χ4n) is 4.68. The third-order valence-electron chi connectivity index (χ3n) is 6.76. The highest BCUT2D eigenvalue weighted by atomic mass is 32.2. The first kappa shape index (κ1) is 27.9. The monoisotopic (exact) mass is 584 g/mol. The van der Waals surface area contributed by atoms with E-state index in [2.05, 4.69) is 15.0 Å². The molecule has 40 heavy (non-hydrogen) atoms. The molecule has 2 aromatic heterocycles. The first-order valence-corrected chi connectivity index (χ1v) is 13.1. The number of ketones is 1. The molecule has 5 rings (SSSR count). The Labute approximate surface area is 223 Å². The third kappa shape index (κ3) is 4.47. The van der Waals surface area contributed by atoms with Crippen molar-refractivity contribution in [1.29, 1.82) is 0 Å². The number of nitrogens with two attached hydrogens (primary N) is 1. The number of imidazole rings is 1. The second-order valence-corrected chi connectivity index (χ2v) is 10.6. The summed E-state index contributed by atoms with van der Waals surface area (Å²) < 4.78 is 66.8. The zero-order chi connectivity index (χ0) is 29.0. The topological polar surface area (TPSA) is 229 Å². The van der Waals surface area contributed by atoms with Crippen molar-refractivity contribution in [3.63, 3.8) is 0 Å². The molecule has 0 radical (unpaired) electrons. The van der Waals surface area contributed by atoms with Gasteiger partial charge in [0.1, 0.15) is 30.2 Å². The van der Waals surface area contributed by atoms with Gasteiger partial charge in [-0.15, -0.1) is 0 Å². The molecule has 18 heteroatoms. The van der Waals surface area contributed by atoms with Gasteiger partial charge in [-0.3, -0.25) is 18.3 Å². The van der Waals surface area contributed by atoms with Gasteiger partial charge in [0.25, 0.3) is 0 Å². The minimum Gasteiger partial charge on any atom is -0.387 e. The van der Waals surface area contributed by atoms with Gasteiger partial charge in [0.2, 0.25) is 11.7 Å². The number of halogens is 2. The number of aliphatic hydroxyl groups is 3. The zero-order valence-corrected chi connectivity index (χ0v) is 21.0. The minimum atomic E-state index is -4.85. The van der Waals surface area contributed by atoms with Gasteiger partial charge in [0.05, 0.1) is 12.9 Å². The average Bonchev–Trinajstić information content (AvgIpc) is 3.50. The lowest BCUT2D eigenvalue weighted by Gasteiger charge is -2.29. The summed E-state index contributed by atoms with van der Waals surface area (Å²) in [7, 11) is -4.85. The number of carbonyl (C=O) groups excluding carboxylic acids is 2. The number of aliphatic hydroxyl groups excluding tert-OH is 2. The number of nitrogens with zero attached hydrogens (tertiary/aromatic N) is 4. The lowest BCUT2D eigenvalue weighted by atomic mass is 9.88. The molecule has 1 aliphatic carbocycles. The van der Waals surface area contributed by atoms with E-state index in [1.807, 2.05) is 0 Å². The van der Waals surface area contributed by atoms with Crippen LogP contribution in [0.15, 0.2) is 36.9 Å². The fraction of sp³-hybridized carbons (Fsp3) is 0.409. The molecule has 3 heterocycles. The summed E-state index contributed by atoms with van der Waals surface area (Å²) in [6.45, 7) is -0.856. The van der Waals surface area contributed by atoms with Crippen molar-refractivity contribution >= 4 is 39.0 Å². The predicted molar refractivity (Wildman–Crippen MR) is 128 cm³/mol. The fourth-order valence-corrected chi connectivity index (χ4v) is 5.44. The number of hydrogen-bond acceptors (Lipinski definition) is 13. The number of ether oxygens (including phenoxy) is 1. The smallest absolute Gasteiger partial charge is 0.362 e. The maximum atomic E-state index is 14.6. The maximum Gasteiger partial charge on any atom is 0.362 e. The summed E-state index contributed by atoms with van der Waals surface area (Å²) in [5, 5.41) is 31.5. The van der Waals surface area contributed by atoms with Gasteiger partial charge in [-0.25, -0.2) is 19.7 Å². The number of hydrogen-bond donors (Lipinski definition) is 5. The molecule has 1 aromatic carbocycles. The SMILES string of the molecule is Nc1ncnc2c1ncn2[C@@H]1O[C@H](COS(=O)(=O)NC(=O)CCC2(O)c3ccccc3C(=O)C2(F)F)[C@@H](O)[C@H]1O. The summed E-state index contributed by atoms with van der Waals surface area (Å²) >= 11 is 0. The van der Waals surface area contributed by atoms with Crippen LogP contribution in [-0.4, -0.2) is 85.8 Å². The van der Waals surface area contributed by atoms with E-state index < -0.39 is 83.1 Å². The molecule has 1 aliphatic heterocycles. The van der Waals surface area contributed by atoms with Gasteiger partial charge < -0.3 is 25.8 Å². The molecule has 1 amide bonds. The second kappa shape index (κ2) is 9.75. The van der Waals surface area contributed by atoms with Crippen molar-refractivity contribution < 1.29 is 51.0 Å². The van der Waals surface area contributed by atoms with E-state index in [4.69, 9.17) is 14.7 Å². The first-order chi connectivity index (χ1) is 18.8. The van der Waals surface area contributed by atoms with E-state index in [9.17, 15) is 42.1 Å². The molecular formula is C22H22F2N6O9S. The van der Waals surface area contributed by atoms with Crippen molar-refractivity contribution in [2.24, 2.45) is 0 Å². The third-order valence-corrected chi connectivity index (χ3v) is 7.68. The molecule has 1 fully saturated rings. The summed E-state index contributed by atoms with van der Waals surface area (Å²) in [4.78, 5) is 36.1. The Kier molecular flexibility index (Phi) is 6.79. The lowest BCUT2D eigenvalue weighted by Crippen LogP contribution is -2.46. The maximum absolute atomic E-state index is 14.6. The Bertz CT molecular complexity index is 1600. The highest BCUT2D eigenvalue weighted by Crippen LogP contribution is 2.50. The Hall–Kier alpha value is -3.68. The van der Waals surface area contributed by atoms with Crippen molar-refractivity contribution in [3.05, 3.63) is 48.0 Å². The van der Waals surface area contributed by atoms with Crippen LogP contribution in [0.1, 0.15) is 35.0 Å². The highest BCUT2D eigenvalue weighted by Gasteiger charge is 2.65. The number of Topliss-reactive ketones (excluding diaryl/α,β-unsaturated/α-hetero) is 1. The standard InChI is InChI=1S/C22H22F2N6O9S/c23-22(24)17(34)10-3-1-2-4-11(10)21(22,35)6-5-13(31)29-40(36,37)38-7-12-15(32)16(33)20(39-12)30-9-28-14-18(25)26-8-27-19(14)30/h1-4,8-9,12,15-16,20,32-33,35H,5-7H2,(H,29,31)(H2,25,26,27)/t12-,15-,16-,20-,21?/m1/s1. The molecule has 2 aliphatic rings. The number of fused-ring (bicyclic) bond motifs is 2. The van der Waals surface area contributed by atoms with Crippen molar-refractivity contribution in [1.82, 2.24) is 24.2 Å². The van der Waals surface area contributed by atoms with E-state index in [1.54, 1.807) is 0 Å². The molecule has 1 saturated heterocycles. The molecule has 15 nitrogen and oxygen atoms in total. The van der Waals surface area contributed by atoms with E-state index in [1.165, 1.54) is 27.7 Å². The number of carbonyl (C=O) groups is 2. The van der Waals surface area contributed by atoms with Crippen LogP contribution in [0.25, 0.3) is 11.2 Å². The number of aromatic nitrogens is 4. The van der Waals surface area contributed by atoms with Gasteiger partial charge in [-0.2, -0.15) is 17.2 Å². The van der Waals surface area contributed by atoms with Crippen LogP contribution in [0.3, 0.4) is 0 Å². The van der Waals surface area contributed by atoms with Crippen LogP contribution in [0.2, 0.25) is 0 Å². The first-order valence-electron chi connectivity index (χ1n) is 11.7. The van der Waals surface area contributed by atoms with Gasteiger partial charge in [-0.05, 0) is 6.42 Å². The quantitative estimate of drug-likeness (QED) is 0.212. The molecule has 0 saturated carbocycles. The number of nitrogens with one attached hydrogen (secondary N) is 1. The highest BCUT2D eigenvalue weighted by molar-refractivity contribution is 7.85. The number of alkyl halides is 2. The van der Waals surface area contributed by atoms with E-state index in [0.717, 1.165) is 18.5 Å². The Morgan fingerprint density at radius 2 is 1.93 bits per heavy atom. The lowest BCUT2D eigenvalue weighted by molar-refractivity contribution is -0.155. The largest absolute Gasteiger partial charge is 0.387 e. The van der Waals surface area contributed by atoms with Crippen LogP contribution in [0.4, 0.5) is 14.6 Å². The van der Waals surface area contributed by atoms with Gasteiger partial charge in [0, 0.05) is 17.5 Å². The Morgan fingerprint density at radius 3 is 2.67 bits per heavy atom. The summed E-state index contributed by atoms with van der Waals surface area (Å²) in [6.07, 6.45) is -5.39. The number of nitrogen functional groups attached to an aromatic ring is 1. The Morgan fingerprint density at radius 1 is 1.20 bits per heavy atom. The van der Waals surface area contributed by atoms with Gasteiger partial charge in [-0.1, -0.05) is 24.3 Å². The van der Waals surface area contributed by atoms with Crippen LogP contribution >= 0.6 is 0 Å². The summed E-state index contributed by atoms with van der Waals surface area (Å²) in [5.74, 6) is -7.11. The molecule has 3 aromatic rings. The molecule has 6 N–H and O–H groups in total. The molecule has 5 atom stereocenters. The minimum absolute atomic E-state index is 0.0538. The molecule has 0 spiro atoms. The number of benzene rings is 1. The van der Waals surface area contributed by atoms with Crippen LogP contribution in [0.5, 0.6) is 0 Å². The molecule has 214 valence electrons. The van der Waals surface area contributed by atoms with Crippen LogP contribution in [0, 0.1) is 0 Å². The van der Waals surface area contributed by atoms with Crippen molar-refractivity contribution in [2.45, 2.75) is 48.9 Å². The van der Waals surface area contributed by atoms with E-state index >= 15 is 0 Å². The van der Waals surface area contributed by atoms with E-state index in [-0.39, 0.29) is 22.5 Å². The van der Waals surface area contributed by atoms with E-state index in [0.29, 0.717) is 0 Å². The normalized spacial score (nSPS) is 27.7. The Balaban J connectivity index is 1.20. The number of amides is 1. The number of anilines is 1.